The van der Waals surface area contributed by atoms with E-state index in [2.05, 4.69) is 15.9 Å². The second-order valence-corrected chi connectivity index (χ2v) is 7.34. The van der Waals surface area contributed by atoms with Crippen molar-refractivity contribution in [3.05, 3.63) is 11.5 Å². The van der Waals surface area contributed by atoms with E-state index in [0.717, 1.165) is 22.7 Å². The molecule has 4 nitrogen and oxygen atoms in total. The van der Waals surface area contributed by atoms with E-state index < -0.39 is 0 Å². The van der Waals surface area contributed by atoms with Gasteiger partial charge in [0, 0.05) is 18.3 Å². The van der Waals surface area contributed by atoms with Crippen LogP contribution in [0, 0.1) is 6.92 Å². The van der Waals surface area contributed by atoms with Gasteiger partial charge in [0.25, 0.3) is 0 Å². The minimum absolute atomic E-state index is 0.0788. The quantitative estimate of drug-likeness (QED) is 0.808. The number of hydrogen-bond donors (Lipinski definition) is 0. The lowest BCUT2D eigenvalue weighted by molar-refractivity contribution is 0.508. The first-order chi connectivity index (χ1) is 9.54. The smallest absolute Gasteiger partial charge is 0.159 e. The highest BCUT2D eigenvalue weighted by atomic mass is 35.5. The van der Waals surface area contributed by atoms with Crippen molar-refractivity contribution in [2.75, 3.05) is 6.26 Å². The Morgan fingerprint density at radius 1 is 1.40 bits per heavy atom. The minimum atomic E-state index is -0.0788. The van der Waals surface area contributed by atoms with Crippen molar-refractivity contribution in [1.29, 1.82) is 0 Å². The molecule has 1 aliphatic rings. The molecule has 3 rings (SSSR count). The molecule has 20 heavy (non-hydrogen) atoms. The highest BCUT2D eigenvalue weighted by Crippen LogP contribution is 2.41. The SMILES string of the molecule is CSC1CCCC1n1c(C(C)Cl)nc2c(C)nn(C)c21. The van der Waals surface area contributed by atoms with E-state index in [1.165, 1.54) is 19.3 Å². The molecule has 2 heterocycles. The van der Waals surface area contributed by atoms with Crippen LogP contribution in [0.3, 0.4) is 0 Å². The largest absolute Gasteiger partial charge is 0.307 e. The van der Waals surface area contributed by atoms with Gasteiger partial charge in [-0.25, -0.2) is 4.98 Å². The van der Waals surface area contributed by atoms with Crippen molar-refractivity contribution in [3.63, 3.8) is 0 Å². The van der Waals surface area contributed by atoms with E-state index in [1.807, 2.05) is 37.3 Å². The summed E-state index contributed by atoms with van der Waals surface area (Å²) < 4.78 is 4.32. The van der Waals surface area contributed by atoms with Crippen LogP contribution in [0.15, 0.2) is 0 Å². The maximum Gasteiger partial charge on any atom is 0.159 e. The Balaban J connectivity index is 2.23. The number of fused-ring (bicyclic) bond motifs is 1. The molecule has 6 heteroatoms. The standard InChI is InChI=1S/C14H21ClN4S/c1-8(15)13-16-12-9(2)17-18(3)14(12)19(13)10-6-5-7-11(10)20-4/h8,10-11H,5-7H2,1-4H3. The molecule has 0 radical (unpaired) electrons. The molecule has 110 valence electrons. The average Bonchev–Trinajstić information content (AvgIpc) is 3.06. The molecule has 3 unspecified atom stereocenters. The van der Waals surface area contributed by atoms with Gasteiger partial charge in [-0.2, -0.15) is 16.9 Å². The molecule has 2 aromatic rings. The maximum atomic E-state index is 6.39. The minimum Gasteiger partial charge on any atom is -0.307 e. The Labute approximate surface area is 128 Å². The summed E-state index contributed by atoms with van der Waals surface area (Å²) in [6, 6.07) is 0.487. The fraction of sp³-hybridized carbons (Fsp3) is 0.714. The predicted molar refractivity (Wildman–Crippen MR) is 85.7 cm³/mol. The molecule has 0 spiro atoms. The zero-order valence-corrected chi connectivity index (χ0v) is 14.0. The van der Waals surface area contributed by atoms with Crippen LogP contribution in [0.2, 0.25) is 0 Å². The summed E-state index contributed by atoms with van der Waals surface area (Å²) in [5.41, 5.74) is 3.11. The van der Waals surface area contributed by atoms with Crippen LogP contribution in [-0.4, -0.2) is 30.8 Å². The number of imidazole rings is 1. The Morgan fingerprint density at radius 3 is 2.80 bits per heavy atom. The molecule has 1 aliphatic carbocycles. The van der Waals surface area contributed by atoms with Crippen molar-refractivity contribution in [2.45, 2.75) is 49.8 Å². The first-order valence-corrected chi connectivity index (χ1v) is 8.85. The third-order valence-corrected chi connectivity index (χ3v) is 5.62. The van der Waals surface area contributed by atoms with Crippen molar-refractivity contribution in [2.24, 2.45) is 7.05 Å². The van der Waals surface area contributed by atoms with E-state index >= 15 is 0 Å². The Hall–Kier alpha value is -0.680. The molecular formula is C14H21ClN4S. The highest BCUT2D eigenvalue weighted by Gasteiger charge is 2.33. The molecule has 2 aromatic heterocycles. The summed E-state index contributed by atoms with van der Waals surface area (Å²) >= 11 is 8.35. The van der Waals surface area contributed by atoms with Gasteiger partial charge in [-0.05, 0) is 32.9 Å². The van der Waals surface area contributed by atoms with Gasteiger partial charge in [-0.15, -0.1) is 11.6 Å². The van der Waals surface area contributed by atoms with Crippen molar-refractivity contribution >= 4 is 34.5 Å². The topological polar surface area (TPSA) is 35.6 Å². The molecule has 1 saturated carbocycles. The van der Waals surface area contributed by atoms with Crippen LogP contribution in [-0.2, 0) is 7.05 Å². The number of nitrogens with zero attached hydrogens (tertiary/aromatic N) is 4. The van der Waals surface area contributed by atoms with Gasteiger partial charge in [0.2, 0.25) is 0 Å². The second kappa shape index (κ2) is 5.26. The third-order valence-electron chi connectivity index (χ3n) is 4.27. The van der Waals surface area contributed by atoms with E-state index in [0.29, 0.717) is 11.3 Å². The van der Waals surface area contributed by atoms with Gasteiger partial charge < -0.3 is 4.57 Å². The lowest BCUT2D eigenvalue weighted by Gasteiger charge is -2.23. The molecule has 0 N–H and O–H groups in total. The van der Waals surface area contributed by atoms with Crippen molar-refractivity contribution < 1.29 is 0 Å². The summed E-state index contributed by atoms with van der Waals surface area (Å²) in [6.45, 7) is 4.02. The Kier molecular flexibility index (Phi) is 3.75. The molecule has 0 bridgehead atoms. The third kappa shape index (κ3) is 2.06. The number of halogens is 1. The Bertz CT molecular complexity index is 631. The fourth-order valence-electron chi connectivity index (χ4n) is 3.40. The number of aryl methyl sites for hydroxylation is 2. The zero-order valence-electron chi connectivity index (χ0n) is 12.4. The van der Waals surface area contributed by atoms with Crippen molar-refractivity contribution in [3.8, 4) is 0 Å². The van der Waals surface area contributed by atoms with Crippen LogP contribution in [0.4, 0.5) is 0 Å². The van der Waals surface area contributed by atoms with Crippen LogP contribution in [0.1, 0.15) is 49.1 Å². The van der Waals surface area contributed by atoms with E-state index in [9.17, 15) is 0 Å². The van der Waals surface area contributed by atoms with Gasteiger partial charge in [-0.1, -0.05) is 6.42 Å². The van der Waals surface area contributed by atoms with Crippen LogP contribution >= 0.6 is 23.4 Å². The average molecular weight is 313 g/mol. The second-order valence-electron chi connectivity index (χ2n) is 5.61. The molecule has 0 aliphatic heterocycles. The van der Waals surface area contributed by atoms with Crippen LogP contribution < -0.4 is 0 Å². The lowest BCUT2D eigenvalue weighted by atomic mass is 10.2. The van der Waals surface area contributed by atoms with Gasteiger partial charge in [0.05, 0.1) is 11.1 Å². The normalized spacial score (nSPS) is 24.6. The first kappa shape index (κ1) is 14.3. The predicted octanol–water partition coefficient (Wildman–Crippen LogP) is 3.83. The van der Waals surface area contributed by atoms with Crippen molar-refractivity contribution in [1.82, 2.24) is 19.3 Å². The van der Waals surface area contributed by atoms with Gasteiger partial charge in [0.15, 0.2) is 5.65 Å². The summed E-state index contributed by atoms with van der Waals surface area (Å²) in [6.07, 6.45) is 5.97. The van der Waals surface area contributed by atoms with E-state index in [-0.39, 0.29) is 5.38 Å². The zero-order chi connectivity index (χ0) is 14.4. The number of rotatable bonds is 3. The number of aromatic nitrogens is 4. The monoisotopic (exact) mass is 312 g/mol. The first-order valence-electron chi connectivity index (χ1n) is 7.13. The number of thioether (sulfide) groups is 1. The lowest BCUT2D eigenvalue weighted by Crippen LogP contribution is -2.20. The number of hydrogen-bond acceptors (Lipinski definition) is 3. The van der Waals surface area contributed by atoms with Gasteiger partial charge in [0.1, 0.15) is 11.3 Å². The van der Waals surface area contributed by atoms with Gasteiger partial charge in [-0.3, -0.25) is 4.68 Å². The molecule has 0 amide bonds. The number of alkyl halides is 1. The molecule has 3 atom stereocenters. The molecule has 0 aromatic carbocycles. The summed E-state index contributed by atoms with van der Waals surface area (Å²) in [4.78, 5) is 4.78. The van der Waals surface area contributed by atoms with Crippen LogP contribution in [0.5, 0.6) is 0 Å². The van der Waals surface area contributed by atoms with E-state index in [4.69, 9.17) is 16.6 Å². The van der Waals surface area contributed by atoms with Crippen LogP contribution in [0.25, 0.3) is 11.2 Å². The molecular weight excluding hydrogens is 292 g/mol. The summed E-state index contributed by atoms with van der Waals surface area (Å²) in [5, 5.41) is 5.09. The molecule has 0 saturated heterocycles. The molecule has 1 fully saturated rings. The fourth-order valence-corrected chi connectivity index (χ4v) is 4.53. The Morgan fingerprint density at radius 2 is 2.15 bits per heavy atom. The maximum absolute atomic E-state index is 6.39. The van der Waals surface area contributed by atoms with E-state index in [1.54, 1.807) is 0 Å². The summed E-state index contributed by atoms with van der Waals surface area (Å²) in [7, 11) is 2.00. The van der Waals surface area contributed by atoms with Gasteiger partial charge >= 0.3 is 0 Å². The summed E-state index contributed by atoms with van der Waals surface area (Å²) in [5.74, 6) is 0.990. The highest BCUT2D eigenvalue weighted by molar-refractivity contribution is 7.99.